The number of hydrogen-bond donors (Lipinski definition) is 4. The molecule has 240 valence electrons. The van der Waals surface area contributed by atoms with E-state index in [0.29, 0.717) is 28.1 Å². The molecule has 11 nitrogen and oxygen atoms in total. The number of amides is 2. The molecule has 0 spiro atoms. The zero-order chi connectivity index (χ0) is 33.3. The number of nitrogens with one attached hydrogen (secondary N) is 3. The molecule has 2 amide bonds. The standard InChI is InChI=1S/C34H38N6O5S/c1-4-27(5-2)40(22-32(41)38-26-18-16-24(17-19-26)29-13-6-7-15-31(29)46(36,43)44)28-12-10-11-25(21-28)33(35)39-34(42)45-23(3)30-14-8-9-20-37-30/h6-21,23,27H,4-5,22H2,1-3H3,(H,38,41)(H2,35,39,42)(H2,36,43,44). The van der Waals surface area contributed by atoms with Crippen molar-refractivity contribution in [2.24, 2.45) is 5.14 Å². The number of nitrogens with two attached hydrogens (primary N) is 1. The first kappa shape index (κ1) is 33.8. The van der Waals surface area contributed by atoms with Gasteiger partial charge in [0.05, 0.1) is 17.1 Å². The molecular formula is C34H38N6O5S. The summed E-state index contributed by atoms with van der Waals surface area (Å²) in [7, 11) is -3.91. The number of nitrogens with zero attached hydrogens (tertiary/aromatic N) is 2. The number of anilines is 2. The van der Waals surface area contributed by atoms with Gasteiger partial charge in [-0.15, -0.1) is 0 Å². The number of pyridine rings is 1. The molecule has 4 aromatic rings. The second kappa shape index (κ2) is 15.3. The summed E-state index contributed by atoms with van der Waals surface area (Å²) >= 11 is 0. The summed E-state index contributed by atoms with van der Waals surface area (Å²) in [6.45, 7) is 5.83. The Balaban J connectivity index is 1.45. The quantitative estimate of drug-likeness (QED) is 0.111. The zero-order valence-corrected chi connectivity index (χ0v) is 26.8. The van der Waals surface area contributed by atoms with E-state index in [1.54, 1.807) is 92.0 Å². The van der Waals surface area contributed by atoms with Gasteiger partial charge < -0.3 is 15.0 Å². The Labute approximate surface area is 269 Å². The van der Waals surface area contributed by atoms with Crippen LogP contribution in [0, 0.1) is 5.41 Å². The van der Waals surface area contributed by atoms with Crippen LogP contribution in [0.1, 0.15) is 51.0 Å². The second-order valence-electron chi connectivity index (χ2n) is 10.6. The molecule has 12 heteroatoms. The first-order valence-electron chi connectivity index (χ1n) is 14.9. The molecule has 1 aromatic heterocycles. The van der Waals surface area contributed by atoms with Crippen LogP contribution in [0.5, 0.6) is 0 Å². The number of primary sulfonamides is 1. The Morgan fingerprint density at radius 1 is 0.957 bits per heavy atom. The van der Waals surface area contributed by atoms with Crippen LogP contribution >= 0.6 is 0 Å². The van der Waals surface area contributed by atoms with Crippen molar-refractivity contribution in [1.29, 1.82) is 5.41 Å². The summed E-state index contributed by atoms with van der Waals surface area (Å²) < 4.78 is 29.5. The van der Waals surface area contributed by atoms with Gasteiger partial charge in [-0.25, -0.2) is 18.4 Å². The summed E-state index contributed by atoms with van der Waals surface area (Å²) in [4.78, 5) is 32.0. The molecule has 0 bridgehead atoms. The molecular weight excluding hydrogens is 604 g/mol. The number of aromatic nitrogens is 1. The van der Waals surface area contributed by atoms with Crippen LogP contribution in [0.3, 0.4) is 0 Å². The van der Waals surface area contributed by atoms with Gasteiger partial charge in [0, 0.05) is 34.7 Å². The average Bonchev–Trinajstić information content (AvgIpc) is 3.05. The average molecular weight is 643 g/mol. The fourth-order valence-corrected chi connectivity index (χ4v) is 5.84. The van der Waals surface area contributed by atoms with E-state index in [1.807, 2.05) is 24.8 Å². The number of benzene rings is 3. The zero-order valence-electron chi connectivity index (χ0n) is 25.9. The van der Waals surface area contributed by atoms with Gasteiger partial charge in [0.15, 0.2) is 0 Å². The van der Waals surface area contributed by atoms with Crippen LogP contribution in [0.25, 0.3) is 11.1 Å². The fourth-order valence-electron chi connectivity index (χ4n) is 5.08. The lowest BCUT2D eigenvalue weighted by Gasteiger charge is -2.32. The molecule has 0 aliphatic heterocycles. The van der Waals surface area contributed by atoms with Gasteiger partial charge in [0.25, 0.3) is 0 Å². The summed E-state index contributed by atoms with van der Waals surface area (Å²) in [5.41, 5.74) is 3.42. The van der Waals surface area contributed by atoms with E-state index in [-0.39, 0.29) is 29.2 Å². The van der Waals surface area contributed by atoms with Crippen LogP contribution in [-0.2, 0) is 19.6 Å². The number of carbonyl (C=O) groups is 2. The van der Waals surface area contributed by atoms with E-state index in [1.165, 1.54) is 6.07 Å². The Morgan fingerprint density at radius 2 is 1.65 bits per heavy atom. The smallest absolute Gasteiger partial charge is 0.413 e. The third kappa shape index (κ3) is 8.77. The molecule has 0 fully saturated rings. The lowest BCUT2D eigenvalue weighted by atomic mass is 10.1. The maximum absolute atomic E-state index is 13.3. The van der Waals surface area contributed by atoms with Crippen molar-refractivity contribution in [3.63, 3.8) is 0 Å². The van der Waals surface area contributed by atoms with Gasteiger partial charge >= 0.3 is 6.09 Å². The predicted octanol–water partition coefficient (Wildman–Crippen LogP) is 5.84. The van der Waals surface area contributed by atoms with E-state index in [0.717, 1.165) is 18.5 Å². The topological polar surface area (TPSA) is 168 Å². The maximum Gasteiger partial charge on any atom is 0.413 e. The second-order valence-corrected chi connectivity index (χ2v) is 12.1. The Hall–Kier alpha value is -5.07. The van der Waals surface area contributed by atoms with E-state index < -0.39 is 22.2 Å². The third-order valence-corrected chi connectivity index (χ3v) is 8.42. The number of sulfonamides is 1. The lowest BCUT2D eigenvalue weighted by Crippen LogP contribution is -2.41. The summed E-state index contributed by atoms with van der Waals surface area (Å²) in [5, 5.41) is 19.3. The minimum atomic E-state index is -3.91. The van der Waals surface area contributed by atoms with Crippen LogP contribution in [0.15, 0.2) is 102 Å². The van der Waals surface area contributed by atoms with Gasteiger partial charge in [-0.3, -0.25) is 20.5 Å². The third-order valence-electron chi connectivity index (χ3n) is 7.45. The number of rotatable bonds is 12. The summed E-state index contributed by atoms with van der Waals surface area (Å²) in [6.07, 6.45) is 1.80. The van der Waals surface area contributed by atoms with Gasteiger partial charge in [0.1, 0.15) is 11.9 Å². The van der Waals surface area contributed by atoms with Crippen molar-refractivity contribution in [2.45, 2.75) is 50.7 Å². The van der Waals surface area contributed by atoms with Crippen molar-refractivity contribution < 1.29 is 22.7 Å². The van der Waals surface area contributed by atoms with Crippen molar-refractivity contribution in [1.82, 2.24) is 10.3 Å². The molecule has 1 unspecified atom stereocenters. The molecule has 46 heavy (non-hydrogen) atoms. The minimum absolute atomic E-state index is 0.0223. The van der Waals surface area contributed by atoms with E-state index in [9.17, 15) is 18.0 Å². The van der Waals surface area contributed by atoms with Gasteiger partial charge in [-0.1, -0.05) is 62.4 Å². The van der Waals surface area contributed by atoms with Gasteiger partial charge in [-0.2, -0.15) is 0 Å². The number of carbonyl (C=O) groups excluding carboxylic acids is 2. The summed E-state index contributed by atoms with van der Waals surface area (Å²) in [5.74, 6) is -0.395. The molecule has 0 aliphatic rings. The van der Waals surface area contributed by atoms with Crippen molar-refractivity contribution >= 4 is 39.2 Å². The first-order valence-corrected chi connectivity index (χ1v) is 16.4. The fraction of sp³-hybridized carbons (Fsp3) is 0.235. The maximum atomic E-state index is 13.3. The van der Waals surface area contributed by atoms with E-state index in [2.05, 4.69) is 15.6 Å². The molecule has 1 heterocycles. The van der Waals surface area contributed by atoms with Gasteiger partial charge in [-0.05, 0) is 67.8 Å². The van der Waals surface area contributed by atoms with Gasteiger partial charge in [0.2, 0.25) is 15.9 Å². The Morgan fingerprint density at radius 3 is 2.30 bits per heavy atom. The molecule has 0 aliphatic carbocycles. The van der Waals surface area contributed by atoms with E-state index >= 15 is 0 Å². The normalized spacial score (nSPS) is 11.8. The van der Waals surface area contributed by atoms with Crippen LogP contribution in [0.4, 0.5) is 16.2 Å². The Kier molecular flexibility index (Phi) is 11.2. The Bertz CT molecular complexity index is 1780. The lowest BCUT2D eigenvalue weighted by molar-refractivity contribution is -0.115. The minimum Gasteiger partial charge on any atom is -0.440 e. The number of hydrogen-bond acceptors (Lipinski definition) is 8. The predicted molar refractivity (Wildman–Crippen MR) is 179 cm³/mol. The largest absolute Gasteiger partial charge is 0.440 e. The summed E-state index contributed by atoms with van der Waals surface area (Å²) in [6, 6.07) is 25.8. The highest BCUT2D eigenvalue weighted by Crippen LogP contribution is 2.28. The molecule has 0 radical (unpaired) electrons. The number of amidine groups is 1. The highest BCUT2D eigenvalue weighted by atomic mass is 32.2. The molecule has 4 rings (SSSR count). The highest BCUT2D eigenvalue weighted by molar-refractivity contribution is 7.89. The van der Waals surface area contributed by atoms with E-state index in [4.69, 9.17) is 15.3 Å². The molecule has 0 saturated heterocycles. The molecule has 3 aromatic carbocycles. The van der Waals surface area contributed by atoms with Crippen LogP contribution < -0.4 is 20.7 Å². The first-order chi connectivity index (χ1) is 22.0. The molecule has 5 N–H and O–H groups in total. The monoisotopic (exact) mass is 642 g/mol. The number of alkyl carbamates (subject to hydrolysis) is 1. The van der Waals surface area contributed by atoms with Crippen LogP contribution in [-0.4, -0.2) is 43.8 Å². The van der Waals surface area contributed by atoms with Crippen LogP contribution in [0.2, 0.25) is 0 Å². The van der Waals surface area contributed by atoms with Crippen molar-refractivity contribution in [2.75, 3.05) is 16.8 Å². The highest BCUT2D eigenvalue weighted by Gasteiger charge is 2.21. The molecule has 0 saturated carbocycles. The number of ether oxygens (including phenoxy) is 1. The SMILES string of the molecule is CCC(CC)N(CC(=O)Nc1ccc(-c2ccccc2S(N)(=O)=O)cc1)c1cccc(C(=N)NC(=O)OC(C)c2ccccn2)c1. The van der Waals surface area contributed by atoms with Crippen molar-refractivity contribution in [3.8, 4) is 11.1 Å². The van der Waals surface area contributed by atoms with Crippen molar-refractivity contribution in [3.05, 3.63) is 108 Å². The molecule has 1 atom stereocenters.